The van der Waals surface area contributed by atoms with Crippen LogP contribution < -0.4 is 5.32 Å². The van der Waals surface area contributed by atoms with Crippen LogP contribution in [0.15, 0.2) is 76.8 Å². The summed E-state index contributed by atoms with van der Waals surface area (Å²) in [6.45, 7) is 4.93. The molecular weight excluding hydrogens is 424 g/mol. The van der Waals surface area contributed by atoms with Crippen LogP contribution in [-0.2, 0) is 17.1 Å². The molecule has 0 aliphatic rings. The smallest absolute Gasteiger partial charge is 0.234 e. The minimum absolute atomic E-state index is 0.0532. The van der Waals surface area contributed by atoms with Gasteiger partial charge in [0.1, 0.15) is 5.82 Å². The normalized spacial score (nSPS) is 11.0. The molecule has 1 amide bonds. The number of anilines is 1. The third kappa shape index (κ3) is 5.29. The standard InChI is InChI=1S/C24H24N4OS2/c1-3-28-22(15-30-19-13-11-17(2)12-14-19)26-27-24(28)31-16-23(29)25-21-10-6-8-18-7-4-5-9-20(18)21/h4-14H,3,15-16H2,1-2H3,(H,25,29). The predicted octanol–water partition coefficient (Wildman–Crippen LogP) is 5.78. The first-order valence-electron chi connectivity index (χ1n) is 10.2. The second-order valence-corrected chi connectivity index (χ2v) is 9.10. The van der Waals surface area contributed by atoms with Crippen molar-refractivity contribution in [3.63, 3.8) is 0 Å². The number of hydrogen-bond acceptors (Lipinski definition) is 5. The molecule has 0 atom stereocenters. The Kier molecular flexibility index (Phi) is 6.94. The van der Waals surface area contributed by atoms with Crippen molar-refractivity contribution in [2.24, 2.45) is 0 Å². The molecule has 0 saturated carbocycles. The highest BCUT2D eigenvalue weighted by atomic mass is 32.2. The number of amides is 1. The van der Waals surface area contributed by atoms with Crippen molar-refractivity contribution in [1.29, 1.82) is 0 Å². The number of aromatic nitrogens is 3. The fourth-order valence-corrected chi connectivity index (χ4v) is 4.94. The Morgan fingerprint density at radius 1 is 0.968 bits per heavy atom. The number of thioether (sulfide) groups is 2. The Labute approximate surface area is 190 Å². The number of nitrogens with zero attached hydrogens (tertiary/aromatic N) is 3. The fraction of sp³-hybridized carbons (Fsp3) is 0.208. The number of fused-ring (bicyclic) bond motifs is 1. The molecule has 0 aliphatic carbocycles. The summed E-state index contributed by atoms with van der Waals surface area (Å²) in [4.78, 5) is 13.8. The minimum atomic E-state index is -0.0532. The van der Waals surface area contributed by atoms with E-state index in [0.29, 0.717) is 0 Å². The van der Waals surface area contributed by atoms with E-state index < -0.39 is 0 Å². The van der Waals surface area contributed by atoms with E-state index in [1.165, 1.54) is 22.2 Å². The Morgan fingerprint density at radius 3 is 2.55 bits per heavy atom. The van der Waals surface area contributed by atoms with Gasteiger partial charge < -0.3 is 9.88 Å². The first kappa shape index (κ1) is 21.5. The van der Waals surface area contributed by atoms with Gasteiger partial charge in [-0.3, -0.25) is 4.79 Å². The summed E-state index contributed by atoms with van der Waals surface area (Å²) in [7, 11) is 0. The average Bonchev–Trinajstić information content (AvgIpc) is 3.19. The maximum atomic E-state index is 12.6. The van der Waals surface area contributed by atoms with Crippen LogP contribution in [0.5, 0.6) is 0 Å². The molecule has 0 spiro atoms. The van der Waals surface area contributed by atoms with Gasteiger partial charge in [0.05, 0.1) is 11.5 Å². The molecular formula is C24H24N4OS2. The van der Waals surface area contributed by atoms with E-state index in [4.69, 9.17) is 0 Å². The van der Waals surface area contributed by atoms with E-state index in [1.807, 2.05) is 42.5 Å². The number of carbonyl (C=O) groups excluding carboxylic acids is 1. The molecule has 1 heterocycles. The quantitative estimate of drug-likeness (QED) is 0.346. The van der Waals surface area contributed by atoms with Crippen LogP contribution in [0.25, 0.3) is 10.8 Å². The van der Waals surface area contributed by atoms with Gasteiger partial charge in [-0.25, -0.2) is 0 Å². The maximum absolute atomic E-state index is 12.6. The molecule has 4 aromatic rings. The lowest BCUT2D eigenvalue weighted by atomic mass is 10.1. The topological polar surface area (TPSA) is 59.8 Å². The summed E-state index contributed by atoms with van der Waals surface area (Å²) < 4.78 is 2.08. The van der Waals surface area contributed by atoms with Crippen LogP contribution in [0.3, 0.4) is 0 Å². The summed E-state index contributed by atoms with van der Waals surface area (Å²) in [6.07, 6.45) is 0. The summed E-state index contributed by atoms with van der Waals surface area (Å²) in [5.74, 6) is 1.90. The van der Waals surface area contributed by atoms with Gasteiger partial charge in [0.25, 0.3) is 0 Å². The molecule has 0 radical (unpaired) electrons. The molecule has 31 heavy (non-hydrogen) atoms. The zero-order chi connectivity index (χ0) is 21.6. The summed E-state index contributed by atoms with van der Waals surface area (Å²) in [5, 5.41) is 14.6. The lowest BCUT2D eigenvalue weighted by Crippen LogP contribution is -2.15. The molecule has 7 heteroatoms. The van der Waals surface area contributed by atoms with Crippen LogP contribution in [0.2, 0.25) is 0 Å². The zero-order valence-electron chi connectivity index (χ0n) is 17.5. The zero-order valence-corrected chi connectivity index (χ0v) is 19.2. The largest absolute Gasteiger partial charge is 0.325 e. The van der Waals surface area contributed by atoms with Gasteiger partial charge in [-0.2, -0.15) is 0 Å². The highest BCUT2D eigenvalue weighted by molar-refractivity contribution is 7.99. The van der Waals surface area contributed by atoms with Crippen molar-refractivity contribution in [2.45, 2.75) is 36.2 Å². The van der Waals surface area contributed by atoms with E-state index in [1.54, 1.807) is 11.8 Å². The summed E-state index contributed by atoms with van der Waals surface area (Å²) in [5.41, 5.74) is 2.08. The number of rotatable bonds is 8. The van der Waals surface area contributed by atoms with Crippen LogP contribution in [-0.4, -0.2) is 26.4 Å². The number of hydrogen-bond donors (Lipinski definition) is 1. The molecule has 158 valence electrons. The Bertz CT molecular complexity index is 1180. The predicted molar refractivity (Wildman–Crippen MR) is 130 cm³/mol. The third-order valence-electron chi connectivity index (χ3n) is 4.89. The molecule has 0 saturated heterocycles. The lowest BCUT2D eigenvalue weighted by molar-refractivity contribution is -0.113. The van der Waals surface area contributed by atoms with E-state index in [9.17, 15) is 4.79 Å². The van der Waals surface area contributed by atoms with Crippen LogP contribution in [0.1, 0.15) is 18.3 Å². The minimum Gasteiger partial charge on any atom is -0.325 e. The Hall–Kier alpha value is -2.77. The van der Waals surface area contributed by atoms with Gasteiger partial charge in [-0.05, 0) is 37.4 Å². The Balaban J connectivity index is 1.37. The van der Waals surface area contributed by atoms with E-state index in [2.05, 4.69) is 58.2 Å². The second kappa shape index (κ2) is 10.0. The number of benzene rings is 3. The van der Waals surface area contributed by atoms with Crippen molar-refractivity contribution in [3.05, 3.63) is 78.1 Å². The van der Waals surface area contributed by atoms with Crippen molar-refractivity contribution < 1.29 is 4.79 Å². The van der Waals surface area contributed by atoms with Gasteiger partial charge in [-0.1, -0.05) is 65.9 Å². The lowest BCUT2D eigenvalue weighted by Gasteiger charge is -2.09. The highest BCUT2D eigenvalue weighted by Gasteiger charge is 2.14. The van der Waals surface area contributed by atoms with Gasteiger partial charge in [0, 0.05) is 22.5 Å². The third-order valence-corrected chi connectivity index (χ3v) is 6.87. The molecule has 3 aromatic carbocycles. The molecule has 0 unspecified atom stereocenters. The second-order valence-electron chi connectivity index (χ2n) is 7.11. The molecule has 1 N–H and O–H groups in total. The Morgan fingerprint density at radius 2 is 1.74 bits per heavy atom. The molecule has 0 bridgehead atoms. The molecule has 1 aromatic heterocycles. The average molecular weight is 449 g/mol. The van der Waals surface area contributed by atoms with Crippen molar-refractivity contribution in [1.82, 2.24) is 14.8 Å². The number of nitrogens with one attached hydrogen (secondary N) is 1. The van der Waals surface area contributed by atoms with Crippen LogP contribution in [0.4, 0.5) is 5.69 Å². The first-order chi connectivity index (χ1) is 15.1. The van der Waals surface area contributed by atoms with E-state index >= 15 is 0 Å². The molecule has 4 rings (SSSR count). The van der Waals surface area contributed by atoms with E-state index in [-0.39, 0.29) is 11.7 Å². The highest BCUT2D eigenvalue weighted by Crippen LogP contribution is 2.26. The van der Waals surface area contributed by atoms with Gasteiger partial charge >= 0.3 is 0 Å². The maximum Gasteiger partial charge on any atom is 0.234 e. The van der Waals surface area contributed by atoms with Crippen molar-refractivity contribution in [3.8, 4) is 0 Å². The first-order valence-corrected chi connectivity index (χ1v) is 12.1. The van der Waals surface area contributed by atoms with Gasteiger partial charge in [0.15, 0.2) is 5.16 Å². The van der Waals surface area contributed by atoms with Gasteiger partial charge in [0.2, 0.25) is 5.91 Å². The summed E-state index contributed by atoms with van der Waals surface area (Å²) in [6, 6.07) is 22.4. The molecule has 5 nitrogen and oxygen atoms in total. The molecule has 0 fully saturated rings. The summed E-state index contributed by atoms with van der Waals surface area (Å²) >= 11 is 3.16. The van der Waals surface area contributed by atoms with Crippen molar-refractivity contribution >= 4 is 45.9 Å². The monoisotopic (exact) mass is 448 g/mol. The van der Waals surface area contributed by atoms with Crippen LogP contribution >= 0.6 is 23.5 Å². The number of aryl methyl sites for hydroxylation is 1. The van der Waals surface area contributed by atoms with Crippen molar-refractivity contribution in [2.75, 3.05) is 11.1 Å². The molecule has 0 aliphatic heterocycles. The SMILES string of the molecule is CCn1c(CSc2ccc(C)cc2)nnc1SCC(=O)Nc1cccc2ccccc12. The van der Waals surface area contributed by atoms with E-state index in [0.717, 1.165) is 39.7 Å². The number of carbonyl (C=O) groups is 1. The van der Waals surface area contributed by atoms with Gasteiger partial charge in [-0.15, -0.1) is 22.0 Å². The van der Waals surface area contributed by atoms with Crippen LogP contribution in [0, 0.1) is 6.92 Å². The fourth-order valence-electron chi connectivity index (χ4n) is 3.28.